The van der Waals surface area contributed by atoms with Crippen LogP contribution in [0.1, 0.15) is 90.9 Å². The van der Waals surface area contributed by atoms with Gasteiger partial charge in [0, 0.05) is 48.4 Å². The van der Waals surface area contributed by atoms with Gasteiger partial charge in [-0.1, -0.05) is 12.2 Å². The van der Waals surface area contributed by atoms with E-state index in [0.717, 1.165) is 35.5 Å². The molecule has 9 rings (SSSR count). The molecule has 0 spiro atoms. The molecule has 8 saturated carbocycles. The van der Waals surface area contributed by atoms with Gasteiger partial charge in [0.2, 0.25) is 0 Å². The Bertz CT molecular complexity index is 672. The number of allylic oxidation sites excluding steroid dienone is 4. The quantitative estimate of drug-likeness (QED) is 0.478. The van der Waals surface area contributed by atoms with Gasteiger partial charge in [-0.2, -0.15) is 0 Å². The third-order valence-corrected chi connectivity index (χ3v) is 11.7. The van der Waals surface area contributed by atoms with Crippen LogP contribution in [0.2, 0.25) is 0 Å². The standard InChI is InChI=1S/C30H46N2/c1-3-27(29-15-21-9-22(16-29)11-23(10-21)17-29)31-5-7-32(8-6-31)28(4-2)30-18-24-12-25(19-30)14-26(13-24)20-30/h3-4,21-26H,5-20H2,1-2H3. The Labute approximate surface area is 196 Å². The van der Waals surface area contributed by atoms with Crippen LogP contribution in [0, 0.1) is 46.3 Å². The van der Waals surface area contributed by atoms with Crippen LogP contribution >= 0.6 is 0 Å². The second-order valence-corrected chi connectivity index (χ2v) is 13.7. The minimum Gasteiger partial charge on any atom is -0.371 e. The molecule has 0 unspecified atom stereocenters. The van der Waals surface area contributed by atoms with E-state index in [1.807, 2.05) is 0 Å². The van der Waals surface area contributed by atoms with Crippen molar-refractivity contribution in [3.63, 3.8) is 0 Å². The number of hydrogen-bond acceptors (Lipinski definition) is 2. The van der Waals surface area contributed by atoms with E-state index in [-0.39, 0.29) is 0 Å². The first-order valence-electron chi connectivity index (χ1n) is 14.4. The molecule has 8 bridgehead atoms. The summed E-state index contributed by atoms with van der Waals surface area (Å²) in [5.41, 5.74) is 4.64. The van der Waals surface area contributed by atoms with Crippen LogP contribution < -0.4 is 0 Å². The summed E-state index contributed by atoms with van der Waals surface area (Å²) in [5, 5.41) is 0. The van der Waals surface area contributed by atoms with Crippen molar-refractivity contribution < 1.29 is 0 Å². The molecule has 176 valence electrons. The largest absolute Gasteiger partial charge is 0.371 e. The molecule has 0 aromatic heterocycles. The van der Waals surface area contributed by atoms with Gasteiger partial charge in [0.15, 0.2) is 0 Å². The van der Waals surface area contributed by atoms with Crippen LogP contribution in [0.5, 0.6) is 0 Å². The molecule has 0 radical (unpaired) electrons. The second-order valence-electron chi connectivity index (χ2n) is 13.7. The molecule has 1 saturated heterocycles. The van der Waals surface area contributed by atoms with Gasteiger partial charge in [0.25, 0.3) is 0 Å². The topological polar surface area (TPSA) is 6.48 Å². The molecular weight excluding hydrogens is 388 g/mol. The van der Waals surface area contributed by atoms with E-state index >= 15 is 0 Å². The summed E-state index contributed by atoms with van der Waals surface area (Å²) in [6.07, 6.45) is 23.5. The highest BCUT2D eigenvalue weighted by atomic mass is 15.3. The molecule has 0 amide bonds. The summed E-state index contributed by atoms with van der Waals surface area (Å²) >= 11 is 0. The third-order valence-electron chi connectivity index (χ3n) is 11.7. The Morgan fingerprint density at radius 3 is 0.969 bits per heavy atom. The van der Waals surface area contributed by atoms with Gasteiger partial charge in [-0.15, -0.1) is 0 Å². The molecule has 9 aliphatic rings. The zero-order valence-corrected chi connectivity index (χ0v) is 20.8. The van der Waals surface area contributed by atoms with Crippen LogP contribution in [0.3, 0.4) is 0 Å². The van der Waals surface area contributed by atoms with Gasteiger partial charge in [0.05, 0.1) is 0 Å². The number of hydrogen-bond donors (Lipinski definition) is 0. The maximum atomic E-state index is 2.86. The Morgan fingerprint density at radius 1 is 0.500 bits per heavy atom. The molecule has 32 heavy (non-hydrogen) atoms. The van der Waals surface area contributed by atoms with E-state index in [1.165, 1.54) is 64.7 Å². The molecule has 0 aromatic carbocycles. The summed E-state index contributed by atoms with van der Waals surface area (Å²) in [6.45, 7) is 9.73. The van der Waals surface area contributed by atoms with E-state index in [1.54, 1.807) is 49.9 Å². The predicted molar refractivity (Wildman–Crippen MR) is 132 cm³/mol. The molecule has 1 aliphatic heterocycles. The molecule has 9 fully saturated rings. The third kappa shape index (κ3) is 3.02. The maximum Gasteiger partial charge on any atom is 0.0351 e. The zero-order valence-electron chi connectivity index (χ0n) is 20.8. The Kier molecular flexibility index (Phi) is 4.66. The number of nitrogens with zero attached hydrogens (tertiary/aromatic N) is 2. The Hall–Kier alpha value is -0.920. The molecular formula is C30H46N2. The van der Waals surface area contributed by atoms with E-state index in [9.17, 15) is 0 Å². The van der Waals surface area contributed by atoms with Gasteiger partial charge < -0.3 is 9.80 Å². The minimum absolute atomic E-state index is 0.551. The minimum atomic E-state index is 0.551. The zero-order chi connectivity index (χ0) is 21.5. The van der Waals surface area contributed by atoms with E-state index in [0.29, 0.717) is 10.8 Å². The van der Waals surface area contributed by atoms with Gasteiger partial charge in [-0.05, 0) is 126 Å². The summed E-state index contributed by atoms with van der Waals surface area (Å²) in [6, 6.07) is 0. The Balaban J connectivity index is 1.07. The molecule has 0 aromatic rings. The fourth-order valence-corrected chi connectivity index (χ4v) is 11.7. The monoisotopic (exact) mass is 434 g/mol. The summed E-state index contributed by atoms with van der Waals surface area (Å²) in [5.74, 6) is 6.27. The molecule has 1 heterocycles. The van der Waals surface area contributed by atoms with E-state index in [2.05, 4.69) is 35.8 Å². The average Bonchev–Trinajstić information content (AvgIpc) is 2.73. The number of piperazine rings is 1. The highest BCUT2D eigenvalue weighted by molar-refractivity contribution is 5.23. The summed E-state index contributed by atoms with van der Waals surface area (Å²) in [4.78, 5) is 5.72. The number of rotatable bonds is 4. The van der Waals surface area contributed by atoms with E-state index in [4.69, 9.17) is 0 Å². The molecule has 0 N–H and O–H groups in total. The fraction of sp³-hybridized carbons (Fsp3) is 0.867. The highest BCUT2D eigenvalue weighted by Gasteiger charge is 2.55. The van der Waals surface area contributed by atoms with Crippen molar-refractivity contribution in [1.29, 1.82) is 0 Å². The van der Waals surface area contributed by atoms with Crippen molar-refractivity contribution in [1.82, 2.24) is 9.80 Å². The van der Waals surface area contributed by atoms with Crippen LogP contribution in [-0.2, 0) is 0 Å². The average molecular weight is 435 g/mol. The fourth-order valence-electron chi connectivity index (χ4n) is 11.7. The van der Waals surface area contributed by atoms with Gasteiger partial charge in [-0.25, -0.2) is 0 Å². The van der Waals surface area contributed by atoms with Crippen molar-refractivity contribution >= 4 is 0 Å². The Morgan fingerprint density at radius 2 is 0.750 bits per heavy atom. The normalized spacial score (nSPS) is 49.9. The molecule has 2 nitrogen and oxygen atoms in total. The first-order valence-corrected chi connectivity index (χ1v) is 14.4. The first-order chi connectivity index (χ1) is 15.6. The van der Waals surface area contributed by atoms with Crippen molar-refractivity contribution in [3.8, 4) is 0 Å². The van der Waals surface area contributed by atoms with Crippen molar-refractivity contribution in [2.75, 3.05) is 26.2 Å². The van der Waals surface area contributed by atoms with E-state index < -0.39 is 0 Å². The second kappa shape index (κ2) is 7.29. The SMILES string of the molecule is CC=C(N1CCN(C(=CC)C23CC4CC(CC(C4)C2)C3)CC1)C12CC3CC(CC(C3)C1)C2. The lowest BCUT2D eigenvalue weighted by Gasteiger charge is -2.61. The van der Waals surface area contributed by atoms with Crippen molar-refractivity contribution in [2.24, 2.45) is 46.3 Å². The van der Waals surface area contributed by atoms with Crippen molar-refractivity contribution in [2.45, 2.75) is 90.9 Å². The summed E-state index contributed by atoms with van der Waals surface area (Å²) in [7, 11) is 0. The van der Waals surface area contributed by atoms with Crippen LogP contribution in [-0.4, -0.2) is 36.0 Å². The van der Waals surface area contributed by atoms with Crippen LogP contribution in [0.25, 0.3) is 0 Å². The molecule has 0 atom stereocenters. The van der Waals surface area contributed by atoms with Gasteiger partial charge in [-0.3, -0.25) is 0 Å². The van der Waals surface area contributed by atoms with Crippen molar-refractivity contribution in [3.05, 3.63) is 23.5 Å². The first kappa shape index (κ1) is 20.5. The van der Waals surface area contributed by atoms with Gasteiger partial charge in [0.1, 0.15) is 0 Å². The smallest absolute Gasteiger partial charge is 0.0351 e. The lowest BCUT2D eigenvalue weighted by molar-refractivity contribution is -0.0554. The summed E-state index contributed by atoms with van der Waals surface area (Å²) < 4.78 is 0. The maximum absolute atomic E-state index is 2.86. The lowest BCUT2D eigenvalue weighted by atomic mass is 9.48. The lowest BCUT2D eigenvalue weighted by Crippen LogP contribution is -2.55. The van der Waals surface area contributed by atoms with Crippen LogP contribution in [0.4, 0.5) is 0 Å². The van der Waals surface area contributed by atoms with Crippen LogP contribution in [0.15, 0.2) is 23.5 Å². The predicted octanol–water partition coefficient (Wildman–Crippen LogP) is 6.84. The molecule has 8 aliphatic carbocycles. The molecule has 2 heteroatoms. The highest BCUT2D eigenvalue weighted by Crippen LogP contribution is 2.64. The van der Waals surface area contributed by atoms with Gasteiger partial charge >= 0.3 is 0 Å².